The van der Waals surface area contributed by atoms with E-state index >= 15 is 0 Å². The summed E-state index contributed by atoms with van der Waals surface area (Å²) < 4.78 is 34.1. The Kier molecular flexibility index (Phi) is 6.64. The fraction of sp³-hybridized carbons (Fsp3) is 1.00. The smallest absolute Gasteiger partial charge is 0.335 e. The first-order chi connectivity index (χ1) is 13.0. The fourth-order valence-corrected chi connectivity index (χ4v) is 16.9. The molecule has 0 bridgehead atoms. The molecule has 0 radical (unpaired) electrons. The largest absolute Gasteiger partial charge is 0.414 e. The summed E-state index contributed by atoms with van der Waals surface area (Å²) in [7, 11) is -2.97. The van der Waals surface area contributed by atoms with Gasteiger partial charge in [-0.15, -0.1) is 0 Å². The second kappa shape index (κ2) is 8.09. The van der Waals surface area contributed by atoms with Crippen molar-refractivity contribution in [2.24, 2.45) is 0 Å². The third-order valence-corrected chi connectivity index (χ3v) is 17.5. The summed E-state index contributed by atoms with van der Waals surface area (Å²) in [5.41, 5.74) is 1.01. The summed E-state index contributed by atoms with van der Waals surface area (Å²) in [4.78, 5) is 0. The summed E-state index contributed by atoms with van der Waals surface area (Å²) >= 11 is 0. The van der Waals surface area contributed by atoms with Gasteiger partial charge in [0.15, 0.2) is 0 Å². The number of hydrogen-bond donors (Lipinski definition) is 0. The van der Waals surface area contributed by atoms with Crippen LogP contribution in [0.15, 0.2) is 0 Å². The average Bonchev–Trinajstić information content (AvgIpc) is 3.15. The molecule has 3 saturated heterocycles. The van der Waals surface area contributed by atoms with Crippen LogP contribution in [0.3, 0.4) is 0 Å². The molecular weight excluding hydrogens is 387 g/mol. The average molecular weight is 429 g/mol. The minimum Gasteiger partial charge on any atom is -0.414 e. The minimum absolute atomic E-state index is 0.0203. The monoisotopic (exact) mass is 428 g/mol. The Morgan fingerprint density at radius 3 is 1.93 bits per heavy atom. The van der Waals surface area contributed by atoms with E-state index < -0.39 is 17.1 Å². The summed E-state index contributed by atoms with van der Waals surface area (Å²) in [6.45, 7) is 19.4. The molecule has 0 saturated carbocycles. The lowest BCUT2D eigenvalue weighted by Gasteiger charge is -2.52. The summed E-state index contributed by atoms with van der Waals surface area (Å²) in [6.07, 6.45) is 1.88. The third-order valence-electron chi connectivity index (χ3n) is 7.29. The van der Waals surface area contributed by atoms with E-state index in [0.717, 1.165) is 19.4 Å². The predicted octanol–water partition coefficient (Wildman–Crippen LogP) is 3.85. The van der Waals surface area contributed by atoms with Crippen LogP contribution in [0.25, 0.3) is 0 Å². The van der Waals surface area contributed by atoms with Gasteiger partial charge in [-0.05, 0) is 35.0 Å². The molecule has 162 valence electrons. The van der Waals surface area contributed by atoms with E-state index in [1.807, 2.05) is 0 Å². The van der Waals surface area contributed by atoms with Gasteiger partial charge in [-0.2, -0.15) is 0 Å². The molecule has 0 aromatic heterocycles. The predicted molar refractivity (Wildman–Crippen MR) is 119 cm³/mol. The first-order valence-corrected chi connectivity index (χ1v) is 15.3. The lowest BCUT2D eigenvalue weighted by molar-refractivity contribution is -0.0820. The van der Waals surface area contributed by atoms with E-state index in [1.165, 1.54) is 0 Å². The van der Waals surface area contributed by atoms with E-state index in [4.69, 9.17) is 22.4 Å². The lowest BCUT2D eigenvalue weighted by atomic mass is 9.78. The van der Waals surface area contributed by atoms with E-state index in [0.29, 0.717) is 28.8 Å². The molecule has 3 rings (SSSR count). The van der Waals surface area contributed by atoms with Gasteiger partial charge in [0, 0.05) is 6.61 Å². The number of fused-ring (bicyclic) bond motifs is 2. The van der Waals surface area contributed by atoms with Crippen LogP contribution >= 0.6 is 0 Å². The third kappa shape index (κ3) is 3.41. The SMILES string of the molecule is BC1OC2CO[Si](C(C)C)(C(C)C)O[Si](C(C)C)(C(C)C)O[C@H]2[C@@]12CCCO2. The zero-order valence-corrected chi connectivity index (χ0v) is 21.4. The second-order valence-corrected chi connectivity index (χ2v) is 19.1. The molecule has 3 heterocycles. The van der Waals surface area contributed by atoms with Crippen LogP contribution < -0.4 is 0 Å². The van der Waals surface area contributed by atoms with Gasteiger partial charge in [-0.25, -0.2) is 0 Å². The summed E-state index contributed by atoms with van der Waals surface area (Å²) in [6, 6.07) is 0.0203. The summed E-state index contributed by atoms with van der Waals surface area (Å²) in [5, 5.41) is 0. The standard InChI is InChI=1S/C20H41BO5Si2/c1-13(2)27(14(3)4)23-12-17-18(20(19(21)24-17)10-9-11-22-20)25-28(26-27,15(5)6)16(7)8/h13-19H,9-12,21H2,1-8H3/t17?,18-,19?,20+/m1/s1. The van der Waals surface area contributed by atoms with Gasteiger partial charge in [-0.1, -0.05) is 55.4 Å². The normalized spacial score (nSPS) is 37.8. The van der Waals surface area contributed by atoms with E-state index in [9.17, 15) is 0 Å². The van der Waals surface area contributed by atoms with Crippen LogP contribution in [-0.2, 0) is 22.4 Å². The Bertz CT molecular complexity index is 535. The van der Waals surface area contributed by atoms with Crippen molar-refractivity contribution < 1.29 is 22.4 Å². The van der Waals surface area contributed by atoms with Crippen molar-refractivity contribution in [2.75, 3.05) is 13.2 Å². The molecule has 5 nitrogen and oxygen atoms in total. The number of hydrogen-bond acceptors (Lipinski definition) is 5. The fourth-order valence-electron chi connectivity index (χ4n) is 5.65. The van der Waals surface area contributed by atoms with Crippen molar-refractivity contribution in [1.82, 2.24) is 0 Å². The van der Waals surface area contributed by atoms with Crippen LogP contribution in [-0.4, -0.2) is 62.0 Å². The van der Waals surface area contributed by atoms with Crippen LogP contribution in [0.2, 0.25) is 22.2 Å². The van der Waals surface area contributed by atoms with Crippen molar-refractivity contribution in [1.29, 1.82) is 0 Å². The van der Waals surface area contributed by atoms with Crippen molar-refractivity contribution in [3.05, 3.63) is 0 Å². The van der Waals surface area contributed by atoms with Crippen molar-refractivity contribution >= 4 is 25.0 Å². The Labute approximate surface area is 175 Å². The Hall–Kier alpha value is 0.299. The van der Waals surface area contributed by atoms with Crippen LogP contribution in [0.4, 0.5) is 0 Å². The maximum atomic E-state index is 7.28. The van der Waals surface area contributed by atoms with Gasteiger partial charge < -0.3 is 22.4 Å². The van der Waals surface area contributed by atoms with E-state index in [1.54, 1.807) is 0 Å². The molecule has 0 amide bonds. The molecular formula is C20H41BO5Si2. The molecule has 0 aromatic rings. The maximum absolute atomic E-state index is 7.28. The molecule has 28 heavy (non-hydrogen) atoms. The van der Waals surface area contributed by atoms with Gasteiger partial charge in [0.05, 0.1) is 12.6 Å². The Morgan fingerprint density at radius 2 is 1.46 bits per heavy atom. The van der Waals surface area contributed by atoms with Gasteiger partial charge in [0.2, 0.25) is 0 Å². The van der Waals surface area contributed by atoms with E-state index in [2.05, 4.69) is 63.2 Å². The highest BCUT2D eigenvalue weighted by atomic mass is 28.5. The first kappa shape index (κ1) is 23.0. The molecule has 2 unspecified atom stereocenters. The number of ether oxygens (including phenoxy) is 2. The topological polar surface area (TPSA) is 46.2 Å². The molecule has 3 aliphatic heterocycles. The van der Waals surface area contributed by atoms with Gasteiger partial charge in [-0.3, -0.25) is 0 Å². The van der Waals surface area contributed by atoms with Crippen LogP contribution in [0.1, 0.15) is 68.2 Å². The summed E-state index contributed by atoms with van der Waals surface area (Å²) in [5.74, 6) is 0. The molecule has 0 aromatic carbocycles. The van der Waals surface area contributed by atoms with Crippen molar-refractivity contribution in [3.63, 3.8) is 0 Å². The van der Waals surface area contributed by atoms with Crippen LogP contribution in [0, 0.1) is 0 Å². The minimum atomic E-state index is -2.61. The second-order valence-electron chi connectivity index (χ2n) is 10.2. The van der Waals surface area contributed by atoms with E-state index in [-0.39, 0.29) is 23.8 Å². The molecule has 3 fully saturated rings. The van der Waals surface area contributed by atoms with Gasteiger partial charge in [0.1, 0.15) is 25.7 Å². The molecule has 0 aliphatic carbocycles. The molecule has 3 aliphatic rings. The highest BCUT2D eigenvalue weighted by Gasteiger charge is 2.65. The highest BCUT2D eigenvalue weighted by Crippen LogP contribution is 2.51. The number of rotatable bonds is 4. The zero-order chi connectivity index (χ0) is 20.9. The lowest BCUT2D eigenvalue weighted by Crippen LogP contribution is -2.67. The quantitative estimate of drug-likeness (QED) is 0.637. The molecule has 1 spiro atoms. The van der Waals surface area contributed by atoms with Gasteiger partial charge in [0.25, 0.3) is 0 Å². The Morgan fingerprint density at radius 1 is 0.893 bits per heavy atom. The highest BCUT2D eigenvalue weighted by molar-refractivity contribution is 6.84. The Balaban J connectivity index is 2.09. The molecule has 8 heteroatoms. The zero-order valence-electron chi connectivity index (χ0n) is 19.4. The maximum Gasteiger partial charge on any atom is 0.335 e. The van der Waals surface area contributed by atoms with Crippen LogP contribution in [0.5, 0.6) is 0 Å². The van der Waals surface area contributed by atoms with Gasteiger partial charge >= 0.3 is 17.1 Å². The molecule has 4 atom stereocenters. The van der Waals surface area contributed by atoms with Crippen molar-refractivity contribution in [2.45, 2.75) is 114 Å². The first-order valence-electron chi connectivity index (χ1n) is 11.3. The molecule has 0 N–H and O–H groups in total. The van der Waals surface area contributed by atoms with Crippen molar-refractivity contribution in [3.8, 4) is 0 Å².